The van der Waals surface area contributed by atoms with Crippen LogP contribution in [0.15, 0.2) is 41.3 Å². The van der Waals surface area contributed by atoms with Crippen LogP contribution in [0.3, 0.4) is 0 Å². The molecule has 9 heteroatoms. The first kappa shape index (κ1) is 17.0. The third-order valence-electron chi connectivity index (χ3n) is 4.66. The molecule has 0 saturated heterocycles. The van der Waals surface area contributed by atoms with Crippen molar-refractivity contribution in [2.75, 3.05) is 5.32 Å². The number of anilines is 1. The molecule has 0 aliphatic heterocycles. The van der Waals surface area contributed by atoms with Gasteiger partial charge in [0, 0.05) is 24.2 Å². The van der Waals surface area contributed by atoms with Gasteiger partial charge in [-0.2, -0.15) is 17.7 Å². The van der Waals surface area contributed by atoms with E-state index in [1.807, 2.05) is 0 Å². The summed E-state index contributed by atoms with van der Waals surface area (Å²) in [5.74, 6) is -0.260. The Hall–Kier alpha value is -2.42. The molecule has 5 nitrogen and oxygen atoms in total. The normalized spacial score (nSPS) is 20.6. The number of aromatic nitrogens is 3. The van der Waals surface area contributed by atoms with Crippen molar-refractivity contribution in [3.63, 3.8) is 0 Å². The van der Waals surface area contributed by atoms with Crippen LogP contribution < -0.4 is 10.9 Å². The van der Waals surface area contributed by atoms with Gasteiger partial charge in [-0.05, 0) is 24.5 Å². The number of halogens is 3. The summed E-state index contributed by atoms with van der Waals surface area (Å²) < 4.78 is 41.3. The van der Waals surface area contributed by atoms with Gasteiger partial charge in [-0.25, -0.2) is 4.98 Å². The minimum atomic E-state index is -4.38. The fraction of sp³-hybridized carbons (Fsp3) is 0.353. The molecule has 3 aromatic rings. The van der Waals surface area contributed by atoms with Crippen LogP contribution in [0.25, 0.3) is 4.96 Å². The molecule has 26 heavy (non-hydrogen) atoms. The van der Waals surface area contributed by atoms with Crippen molar-refractivity contribution in [1.29, 1.82) is 0 Å². The number of hydrogen-bond donors (Lipinski definition) is 1. The van der Waals surface area contributed by atoms with Gasteiger partial charge in [0.05, 0.1) is 5.56 Å². The Morgan fingerprint density at radius 1 is 1.19 bits per heavy atom. The molecular weight excluding hydrogens is 365 g/mol. The molecule has 4 rings (SSSR count). The molecule has 0 spiro atoms. The lowest BCUT2D eigenvalue weighted by Crippen LogP contribution is -2.25. The fourth-order valence-electron chi connectivity index (χ4n) is 3.54. The average Bonchev–Trinajstić information content (AvgIpc) is 3.22. The number of alkyl halides is 3. The van der Waals surface area contributed by atoms with Crippen LogP contribution in [-0.4, -0.2) is 20.6 Å². The minimum Gasteiger partial charge on any atom is -0.357 e. The number of hydrogen-bond acceptors (Lipinski definition) is 5. The molecule has 1 aliphatic carbocycles. The van der Waals surface area contributed by atoms with Crippen LogP contribution >= 0.6 is 11.3 Å². The summed E-state index contributed by atoms with van der Waals surface area (Å²) in [4.78, 5) is 16.3. The highest BCUT2D eigenvalue weighted by atomic mass is 32.1. The Morgan fingerprint density at radius 3 is 2.77 bits per heavy atom. The molecule has 0 amide bonds. The Labute approximate surface area is 150 Å². The fourth-order valence-corrected chi connectivity index (χ4v) is 4.38. The van der Waals surface area contributed by atoms with Crippen molar-refractivity contribution in [3.8, 4) is 0 Å². The highest BCUT2D eigenvalue weighted by Crippen LogP contribution is 2.42. The van der Waals surface area contributed by atoms with E-state index < -0.39 is 11.7 Å². The van der Waals surface area contributed by atoms with Gasteiger partial charge in [0.1, 0.15) is 0 Å². The lowest BCUT2D eigenvalue weighted by Gasteiger charge is -2.24. The zero-order chi connectivity index (χ0) is 18.3. The van der Waals surface area contributed by atoms with Gasteiger partial charge in [-0.3, -0.25) is 4.79 Å². The molecule has 2 heterocycles. The number of rotatable bonds is 3. The lowest BCUT2D eigenvalue weighted by molar-refractivity contribution is -0.138. The maximum atomic E-state index is 13.4. The predicted octanol–water partition coefficient (Wildman–Crippen LogP) is 3.92. The minimum absolute atomic E-state index is 0.172. The van der Waals surface area contributed by atoms with E-state index in [9.17, 15) is 18.0 Å². The van der Waals surface area contributed by atoms with Crippen LogP contribution in [0.1, 0.15) is 36.3 Å². The molecule has 2 aromatic heterocycles. The van der Waals surface area contributed by atoms with Gasteiger partial charge in [0.2, 0.25) is 10.1 Å². The molecule has 2 unspecified atom stereocenters. The largest absolute Gasteiger partial charge is 0.416 e. The third-order valence-corrected chi connectivity index (χ3v) is 5.52. The molecular formula is C17H15F3N4OS. The molecule has 136 valence electrons. The van der Waals surface area contributed by atoms with E-state index in [-0.39, 0.29) is 17.5 Å². The quantitative estimate of drug-likeness (QED) is 0.748. The first-order valence-corrected chi connectivity index (χ1v) is 9.02. The monoisotopic (exact) mass is 380 g/mol. The van der Waals surface area contributed by atoms with Crippen LogP contribution in [0.4, 0.5) is 18.3 Å². The van der Waals surface area contributed by atoms with Gasteiger partial charge in [-0.15, -0.1) is 5.10 Å². The Morgan fingerprint density at radius 2 is 2.00 bits per heavy atom. The standard InChI is InChI=1S/C17H15F3N4OS/c18-17(19,20)12-6-2-1-4-10(12)11-5-3-7-13(11)22-15-23-24-14(25)8-9-21-16(24)26-15/h1-2,4,6,8-9,11,13H,3,5,7H2,(H,22,23). The summed E-state index contributed by atoms with van der Waals surface area (Å²) in [7, 11) is 0. The molecule has 0 radical (unpaired) electrons. The maximum absolute atomic E-state index is 13.4. The van der Waals surface area contributed by atoms with Gasteiger partial charge in [0.25, 0.3) is 5.56 Å². The Kier molecular flexibility index (Phi) is 4.18. The smallest absolute Gasteiger partial charge is 0.357 e. The second-order valence-electron chi connectivity index (χ2n) is 6.26. The SMILES string of the molecule is O=c1ccnc2sc(NC3CCCC3c3ccccc3C(F)(F)F)nn12. The van der Waals surface area contributed by atoms with E-state index in [0.717, 1.165) is 18.9 Å². The molecule has 1 fully saturated rings. The first-order valence-electron chi connectivity index (χ1n) is 8.21. The Bertz CT molecular complexity index is 997. The predicted molar refractivity (Wildman–Crippen MR) is 92.6 cm³/mol. The summed E-state index contributed by atoms with van der Waals surface area (Å²) >= 11 is 1.21. The maximum Gasteiger partial charge on any atom is 0.416 e. The van der Waals surface area contributed by atoms with Crippen molar-refractivity contribution in [1.82, 2.24) is 14.6 Å². The molecule has 1 aromatic carbocycles. The molecule has 1 aliphatic rings. The van der Waals surface area contributed by atoms with E-state index in [1.165, 1.54) is 34.2 Å². The van der Waals surface area contributed by atoms with Crippen molar-refractivity contribution < 1.29 is 13.2 Å². The van der Waals surface area contributed by atoms with Crippen molar-refractivity contribution >= 4 is 21.4 Å². The summed E-state index contributed by atoms with van der Waals surface area (Å²) in [5, 5.41) is 7.92. The van der Waals surface area contributed by atoms with Gasteiger partial charge >= 0.3 is 6.18 Å². The third kappa shape index (κ3) is 3.07. The van der Waals surface area contributed by atoms with Crippen LogP contribution in [0, 0.1) is 0 Å². The lowest BCUT2D eigenvalue weighted by atomic mass is 9.90. The molecule has 1 N–H and O–H groups in total. The summed E-state index contributed by atoms with van der Waals surface area (Å²) in [5.41, 5.74) is -0.558. The highest BCUT2D eigenvalue weighted by Gasteiger charge is 2.38. The van der Waals surface area contributed by atoms with E-state index in [4.69, 9.17) is 0 Å². The second-order valence-corrected chi connectivity index (χ2v) is 7.21. The second kappa shape index (κ2) is 6.39. The van der Waals surface area contributed by atoms with Crippen LogP contribution in [0.5, 0.6) is 0 Å². The van der Waals surface area contributed by atoms with Crippen molar-refractivity contribution in [3.05, 3.63) is 58.0 Å². The number of nitrogens with one attached hydrogen (secondary N) is 1. The zero-order valence-electron chi connectivity index (χ0n) is 13.5. The summed E-state index contributed by atoms with van der Waals surface area (Å²) in [6, 6.07) is 6.88. The van der Waals surface area contributed by atoms with Gasteiger partial charge in [-0.1, -0.05) is 36.0 Å². The molecule has 0 bridgehead atoms. The van der Waals surface area contributed by atoms with E-state index >= 15 is 0 Å². The van der Waals surface area contributed by atoms with Crippen molar-refractivity contribution in [2.24, 2.45) is 0 Å². The van der Waals surface area contributed by atoms with Gasteiger partial charge in [0.15, 0.2) is 0 Å². The molecule has 2 atom stereocenters. The van der Waals surface area contributed by atoms with E-state index in [1.54, 1.807) is 12.1 Å². The average molecular weight is 380 g/mol. The Balaban J connectivity index is 1.65. The summed E-state index contributed by atoms with van der Waals surface area (Å²) in [6.07, 6.45) is -0.713. The highest BCUT2D eigenvalue weighted by molar-refractivity contribution is 7.20. The topological polar surface area (TPSA) is 59.3 Å². The van der Waals surface area contributed by atoms with Gasteiger partial charge < -0.3 is 5.32 Å². The first-order chi connectivity index (χ1) is 12.4. The van der Waals surface area contributed by atoms with Crippen molar-refractivity contribution in [2.45, 2.75) is 37.4 Å². The number of benzene rings is 1. The molecule has 1 saturated carbocycles. The van der Waals surface area contributed by atoms with Crippen LogP contribution in [0.2, 0.25) is 0 Å². The van der Waals surface area contributed by atoms with E-state index in [0.29, 0.717) is 22.1 Å². The van der Waals surface area contributed by atoms with E-state index in [2.05, 4.69) is 15.4 Å². The van der Waals surface area contributed by atoms with Crippen LogP contribution in [-0.2, 0) is 6.18 Å². The number of fused-ring (bicyclic) bond motifs is 1. The summed E-state index contributed by atoms with van der Waals surface area (Å²) in [6.45, 7) is 0. The zero-order valence-corrected chi connectivity index (χ0v) is 14.3. The number of nitrogens with zero attached hydrogens (tertiary/aromatic N) is 3.